The van der Waals surface area contributed by atoms with E-state index in [2.05, 4.69) is 16.7 Å². The molecule has 1 fully saturated rings. The minimum Gasteiger partial charge on any atom is -0.366 e. The zero-order valence-corrected chi connectivity index (χ0v) is 10.2. The van der Waals surface area contributed by atoms with Crippen LogP contribution in [0.15, 0.2) is 18.2 Å². The van der Waals surface area contributed by atoms with Gasteiger partial charge < -0.3 is 15.4 Å². The van der Waals surface area contributed by atoms with E-state index >= 15 is 0 Å². The average molecular weight is 245 g/mol. The molecule has 1 unspecified atom stereocenters. The molecular formula is C13H15N3O2. The van der Waals surface area contributed by atoms with Gasteiger partial charge in [-0.2, -0.15) is 5.26 Å². The topological polar surface area (TPSA) is 74.2 Å². The second kappa shape index (κ2) is 5.63. The third kappa shape index (κ3) is 2.86. The van der Waals surface area contributed by atoms with Gasteiger partial charge in [0.05, 0.1) is 18.2 Å². The fourth-order valence-electron chi connectivity index (χ4n) is 1.77. The number of morpholine rings is 1. The Morgan fingerprint density at radius 1 is 1.61 bits per heavy atom. The first-order valence-electron chi connectivity index (χ1n) is 5.84. The van der Waals surface area contributed by atoms with Crippen LogP contribution in [0, 0.1) is 18.3 Å². The number of aryl methyl sites for hydroxylation is 1. The van der Waals surface area contributed by atoms with Gasteiger partial charge in [-0.1, -0.05) is 6.07 Å². The highest BCUT2D eigenvalue weighted by atomic mass is 16.5. The molecule has 0 saturated carbocycles. The van der Waals surface area contributed by atoms with E-state index < -0.39 is 6.10 Å². The summed E-state index contributed by atoms with van der Waals surface area (Å²) >= 11 is 0. The number of nitrogens with one attached hydrogen (secondary N) is 2. The Morgan fingerprint density at radius 3 is 3.11 bits per heavy atom. The van der Waals surface area contributed by atoms with Gasteiger partial charge in [-0.3, -0.25) is 4.79 Å². The van der Waals surface area contributed by atoms with Crippen molar-refractivity contribution < 1.29 is 9.53 Å². The summed E-state index contributed by atoms with van der Waals surface area (Å²) in [6.45, 7) is 3.71. The summed E-state index contributed by atoms with van der Waals surface area (Å²) in [5.74, 6) is -0.180. The van der Waals surface area contributed by atoms with Gasteiger partial charge in [-0.25, -0.2) is 0 Å². The maximum atomic E-state index is 12.0. The van der Waals surface area contributed by atoms with Crippen molar-refractivity contribution in [3.8, 4) is 6.07 Å². The Balaban J connectivity index is 2.08. The first-order chi connectivity index (χ1) is 8.70. The standard InChI is InChI=1S/C13H15N3O2/c1-9-2-3-10(7-14)6-11(9)16-13(17)12-8-15-4-5-18-12/h2-3,6,12,15H,4-5,8H2,1H3,(H,16,17). The molecule has 2 rings (SSSR count). The van der Waals surface area contributed by atoms with Gasteiger partial charge in [0.25, 0.3) is 5.91 Å². The monoisotopic (exact) mass is 245 g/mol. The molecule has 0 radical (unpaired) electrons. The lowest BCUT2D eigenvalue weighted by Crippen LogP contribution is -2.45. The van der Waals surface area contributed by atoms with Crippen molar-refractivity contribution in [2.75, 3.05) is 25.0 Å². The van der Waals surface area contributed by atoms with Gasteiger partial charge in [0.15, 0.2) is 0 Å². The molecule has 5 heteroatoms. The number of carbonyl (C=O) groups excluding carboxylic acids is 1. The van der Waals surface area contributed by atoms with E-state index in [4.69, 9.17) is 10.00 Å². The van der Waals surface area contributed by atoms with Crippen LogP contribution in [-0.2, 0) is 9.53 Å². The molecule has 0 aliphatic carbocycles. The van der Waals surface area contributed by atoms with E-state index in [1.807, 2.05) is 13.0 Å². The third-order valence-corrected chi connectivity index (χ3v) is 2.84. The van der Waals surface area contributed by atoms with E-state index in [1.54, 1.807) is 12.1 Å². The van der Waals surface area contributed by atoms with Gasteiger partial charge in [0.1, 0.15) is 6.10 Å². The summed E-state index contributed by atoms with van der Waals surface area (Å²) in [6.07, 6.45) is -0.469. The SMILES string of the molecule is Cc1ccc(C#N)cc1NC(=O)C1CNCCO1. The van der Waals surface area contributed by atoms with Gasteiger partial charge in [-0.05, 0) is 24.6 Å². The number of nitriles is 1. The van der Waals surface area contributed by atoms with Crippen LogP contribution < -0.4 is 10.6 Å². The van der Waals surface area contributed by atoms with Crippen LogP contribution in [0.3, 0.4) is 0 Å². The van der Waals surface area contributed by atoms with Crippen LogP contribution in [0.25, 0.3) is 0 Å². The second-order valence-electron chi connectivity index (χ2n) is 4.19. The largest absolute Gasteiger partial charge is 0.366 e. The summed E-state index contributed by atoms with van der Waals surface area (Å²) in [6, 6.07) is 7.26. The van der Waals surface area contributed by atoms with Gasteiger partial charge in [0.2, 0.25) is 0 Å². The highest BCUT2D eigenvalue weighted by molar-refractivity contribution is 5.95. The summed E-state index contributed by atoms with van der Waals surface area (Å²) in [4.78, 5) is 12.0. The molecule has 5 nitrogen and oxygen atoms in total. The molecule has 0 aromatic heterocycles. The molecule has 1 aromatic carbocycles. The Bertz CT molecular complexity index is 487. The molecule has 1 aliphatic heterocycles. The number of hydrogen-bond acceptors (Lipinski definition) is 4. The molecule has 94 valence electrons. The molecule has 2 N–H and O–H groups in total. The Labute approximate surface area is 106 Å². The molecule has 18 heavy (non-hydrogen) atoms. The lowest BCUT2D eigenvalue weighted by atomic mass is 10.1. The van der Waals surface area contributed by atoms with Gasteiger partial charge in [-0.15, -0.1) is 0 Å². The van der Waals surface area contributed by atoms with E-state index in [0.717, 1.165) is 12.1 Å². The normalized spacial score (nSPS) is 19.0. The van der Waals surface area contributed by atoms with E-state index in [-0.39, 0.29) is 5.91 Å². The number of amides is 1. The minimum absolute atomic E-state index is 0.180. The summed E-state index contributed by atoms with van der Waals surface area (Å²) in [7, 11) is 0. The van der Waals surface area contributed by atoms with Crippen molar-refractivity contribution in [2.24, 2.45) is 0 Å². The molecule has 1 aromatic rings. The number of rotatable bonds is 2. The lowest BCUT2D eigenvalue weighted by molar-refractivity contribution is -0.128. The molecule has 0 bridgehead atoms. The van der Waals surface area contributed by atoms with Crippen molar-refractivity contribution in [1.82, 2.24) is 5.32 Å². The van der Waals surface area contributed by atoms with Crippen LogP contribution in [-0.4, -0.2) is 31.7 Å². The molecule has 0 spiro atoms. The fraction of sp³-hybridized carbons (Fsp3) is 0.385. The van der Waals surface area contributed by atoms with Crippen molar-refractivity contribution in [3.05, 3.63) is 29.3 Å². The number of hydrogen-bond donors (Lipinski definition) is 2. The summed E-state index contributed by atoms with van der Waals surface area (Å²) in [5, 5.41) is 14.7. The van der Waals surface area contributed by atoms with E-state index in [9.17, 15) is 4.79 Å². The van der Waals surface area contributed by atoms with Crippen LogP contribution in [0.4, 0.5) is 5.69 Å². The quantitative estimate of drug-likeness (QED) is 0.808. The minimum atomic E-state index is -0.469. The Morgan fingerprint density at radius 2 is 2.44 bits per heavy atom. The van der Waals surface area contributed by atoms with Crippen molar-refractivity contribution in [1.29, 1.82) is 5.26 Å². The summed E-state index contributed by atoms with van der Waals surface area (Å²) < 4.78 is 5.37. The van der Waals surface area contributed by atoms with E-state index in [1.165, 1.54) is 0 Å². The smallest absolute Gasteiger partial charge is 0.254 e. The van der Waals surface area contributed by atoms with Crippen molar-refractivity contribution in [2.45, 2.75) is 13.0 Å². The number of anilines is 1. The van der Waals surface area contributed by atoms with E-state index in [0.29, 0.717) is 24.4 Å². The number of carbonyl (C=O) groups is 1. The number of nitrogens with zero attached hydrogens (tertiary/aromatic N) is 1. The van der Waals surface area contributed by atoms with Crippen LogP contribution in [0.2, 0.25) is 0 Å². The van der Waals surface area contributed by atoms with Crippen LogP contribution in [0.5, 0.6) is 0 Å². The number of benzene rings is 1. The maximum Gasteiger partial charge on any atom is 0.254 e. The highest BCUT2D eigenvalue weighted by Gasteiger charge is 2.22. The first-order valence-corrected chi connectivity index (χ1v) is 5.84. The van der Waals surface area contributed by atoms with Crippen molar-refractivity contribution >= 4 is 11.6 Å². The number of ether oxygens (including phenoxy) is 1. The lowest BCUT2D eigenvalue weighted by Gasteiger charge is -2.23. The summed E-state index contributed by atoms with van der Waals surface area (Å²) in [5.41, 5.74) is 2.11. The zero-order chi connectivity index (χ0) is 13.0. The molecule has 1 saturated heterocycles. The van der Waals surface area contributed by atoms with Gasteiger partial charge in [0, 0.05) is 18.8 Å². The maximum absolute atomic E-state index is 12.0. The van der Waals surface area contributed by atoms with Crippen LogP contribution >= 0.6 is 0 Å². The van der Waals surface area contributed by atoms with Gasteiger partial charge >= 0.3 is 0 Å². The molecule has 1 atom stereocenters. The van der Waals surface area contributed by atoms with Crippen LogP contribution in [0.1, 0.15) is 11.1 Å². The predicted octanol–water partition coefficient (Wildman–Crippen LogP) is 0.794. The molecule has 1 heterocycles. The zero-order valence-electron chi connectivity index (χ0n) is 10.2. The average Bonchev–Trinajstić information content (AvgIpc) is 2.42. The molecule has 1 aliphatic rings. The molecule has 1 amide bonds. The Hall–Kier alpha value is -1.90. The second-order valence-corrected chi connectivity index (χ2v) is 4.19. The third-order valence-electron chi connectivity index (χ3n) is 2.84. The first kappa shape index (κ1) is 12.6. The highest BCUT2D eigenvalue weighted by Crippen LogP contribution is 2.17. The molecular weight excluding hydrogens is 230 g/mol. The van der Waals surface area contributed by atoms with Crippen molar-refractivity contribution in [3.63, 3.8) is 0 Å². The Kier molecular flexibility index (Phi) is 3.92. The predicted molar refractivity (Wildman–Crippen MR) is 67.1 cm³/mol. The fourth-order valence-corrected chi connectivity index (χ4v) is 1.77.